The maximum atomic E-state index is 5.81. The molecule has 0 radical (unpaired) electrons. The number of halogens is 1. The molecule has 0 aromatic carbocycles. The lowest BCUT2D eigenvalue weighted by Crippen LogP contribution is -2.08. The molecule has 0 saturated carbocycles. The lowest BCUT2D eigenvalue weighted by molar-refractivity contribution is 0.720. The van der Waals surface area contributed by atoms with Gasteiger partial charge in [-0.25, -0.2) is 0 Å². The minimum atomic E-state index is 0.0658. The highest BCUT2D eigenvalue weighted by Crippen LogP contribution is 2.15. The molecular weight excluding hydrogens is 251 g/mol. The smallest absolute Gasteiger partial charge is 0.0482 e. The predicted octanol–water partition coefficient (Wildman–Crippen LogP) is 2.20. The van der Waals surface area contributed by atoms with E-state index in [0.29, 0.717) is 0 Å². The first-order valence-corrected chi connectivity index (χ1v) is 4.52. The second-order valence-corrected chi connectivity index (χ2v) is 3.65. The van der Waals surface area contributed by atoms with Crippen molar-refractivity contribution >= 4 is 22.6 Å². The molecule has 2 nitrogen and oxygen atoms in total. The maximum absolute atomic E-state index is 5.81. The molecule has 3 heteroatoms. The molecule has 0 amide bonds. The average molecular weight is 262 g/mol. The van der Waals surface area contributed by atoms with E-state index in [0.717, 1.165) is 12.1 Å². The quantitative estimate of drug-likeness (QED) is 0.636. The van der Waals surface area contributed by atoms with Crippen LogP contribution in [0, 0.1) is 3.57 Å². The molecule has 1 heterocycles. The van der Waals surface area contributed by atoms with Crippen LogP contribution in [0.5, 0.6) is 0 Å². The van der Waals surface area contributed by atoms with Crippen LogP contribution in [-0.2, 0) is 0 Å². The molecule has 0 bridgehead atoms. The highest BCUT2D eigenvalue weighted by atomic mass is 127. The molecule has 1 aromatic heterocycles. The van der Waals surface area contributed by atoms with Crippen LogP contribution in [0.4, 0.5) is 0 Å². The second kappa shape index (κ2) is 3.92. The van der Waals surface area contributed by atoms with Crippen molar-refractivity contribution in [1.82, 2.24) is 4.98 Å². The van der Waals surface area contributed by atoms with E-state index in [1.54, 1.807) is 0 Å². The van der Waals surface area contributed by atoms with Crippen LogP contribution in [0.3, 0.4) is 0 Å². The number of H-pyrrole nitrogens is 1. The second-order valence-electron chi connectivity index (χ2n) is 2.40. The third-order valence-electron chi connectivity index (χ3n) is 1.49. The van der Waals surface area contributed by atoms with Crippen molar-refractivity contribution < 1.29 is 0 Å². The first kappa shape index (κ1) is 8.80. The maximum Gasteiger partial charge on any atom is 0.0482 e. The Morgan fingerprint density at radius 2 is 2.55 bits per heavy atom. The highest BCUT2D eigenvalue weighted by Gasteiger charge is 2.04. The summed E-state index contributed by atoms with van der Waals surface area (Å²) < 4.78 is 1.19. The third-order valence-corrected chi connectivity index (χ3v) is 2.11. The molecule has 60 valence electrons. The fraction of sp³-hybridized carbons (Fsp3) is 0.250. The fourth-order valence-electron chi connectivity index (χ4n) is 0.905. The average Bonchev–Trinajstić information content (AvgIpc) is 2.36. The molecular formula is C8H11IN2. The molecule has 0 aliphatic rings. The Bertz CT molecular complexity index is 242. The summed E-state index contributed by atoms with van der Waals surface area (Å²) in [6.45, 7) is 3.64. The zero-order valence-electron chi connectivity index (χ0n) is 6.18. The zero-order valence-corrected chi connectivity index (χ0v) is 8.34. The number of hydrogen-bond donors (Lipinski definition) is 2. The Balaban J connectivity index is 2.67. The van der Waals surface area contributed by atoms with E-state index in [1.807, 2.05) is 12.3 Å². The number of rotatable bonds is 3. The van der Waals surface area contributed by atoms with Gasteiger partial charge in [0.25, 0.3) is 0 Å². The molecule has 0 saturated heterocycles. The van der Waals surface area contributed by atoms with Crippen LogP contribution in [-0.4, -0.2) is 4.98 Å². The predicted molar refractivity (Wildman–Crippen MR) is 55.3 cm³/mol. The van der Waals surface area contributed by atoms with Gasteiger partial charge in [-0.15, -0.1) is 6.58 Å². The Morgan fingerprint density at radius 3 is 3.00 bits per heavy atom. The number of nitrogens with one attached hydrogen (secondary N) is 1. The first-order chi connectivity index (χ1) is 5.24. The summed E-state index contributed by atoms with van der Waals surface area (Å²) in [5.41, 5.74) is 6.89. The van der Waals surface area contributed by atoms with Gasteiger partial charge in [0.1, 0.15) is 0 Å². The molecule has 0 aliphatic heterocycles. The minimum Gasteiger partial charge on any atom is -0.363 e. The summed E-state index contributed by atoms with van der Waals surface area (Å²) in [7, 11) is 0. The van der Waals surface area contributed by atoms with Crippen molar-refractivity contribution in [3.05, 3.63) is 34.2 Å². The summed E-state index contributed by atoms with van der Waals surface area (Å²) in [5.74, 6) is 0. The van der Waals surface area contributed by atoms with Crippen LogP contribution in [0.25, 0.3) is 0 Å². The van der Waals surface area contributed by atoms with Crippen molar-refractivity contribution in [2.75, 3.05) is 0 Å². The van der Waals surface area contributed by atoms with Crippen molar-refractivity contribution in [2.24, 2.45) is 5.73 Å². The van der Waals surface area contributed by atoms with Gasteiger partial charge in [0.05, 0.1) is 0 Å². The van der Waals surface area contributed by atoms with E-state index in [9.17, 15) is 0 Å². The van der Waals surface area contributed by atoms with E-state index in [2.05, 4.69) is 40.2 Å². The lowest BCUT2D eigenvalue weighted by atomic mass is 10.1. The summed E-state index contributed by atoms with van der Waals surface area (Å²) in [6, 6.07) is 2.12. The van der Waals surface area contributed by atoms with Crippen molar-refractivity contribution in [3.8, 4) is 0 Å². The van der Waals surface area contributed by atoms with Gasteiger partial charge in [-0.1, -0.05) is 6.08 Å². The monoisotopic (exact) mass is 262 g/mol. The molecule has 0 spiro atoms. The SMILES string of the molecule is C=CC[C@H](N)c1cc(I)c[nH]1. The Hall–Kier alpha value is -0.290. The number of hydrogen-bond acceptors (Lipinski definition) is 1. The topological polar surface area (TPSA) is 41.8 Å². The van der Waals surface area contributed by atoms with Crippen LogP contribution in [0.15, 0.2) is 24.9 Å². The number of aromatic amines is 1. The van der Waals surface area contributed by atoms with Gasteiger partial charge in [0.2, 0.25) is 0 Å². The highest BCUT2D eigenvalue weighted by molar-refractivity contribution is 14.1. The molecule has 1 atom stereocenters. The van der Waals surface area contributed by atoms with Crippen LogP contribution in [0.1, 0.15) is 18.2 Å². The zero-order chi connectivity index (χ0) is 8.27. The molecule has 0 unspecified atom stereocenters. The third kappa shape index (κ3) is 2.34. The molecule has 3 N–H and O–H groups in total. The van der Waals surface area contributed by atoms with Gasteiger partial charge in [0.15, 0.2) is 0 Å². The van der Waals surface area contributed by atoms with Crippen LogP contribution >= 0.6 is 22.6 Å². The van der Waals surface area contributed by atoms with Crippen molar-refractivity contribution in [2.45, 2.75) is 12.5 Å². The number of aromatic nitrogens is 1. The Kier molecular flexibility index (Phi) is 3.14. The number of nitrogens with two attached hydrogens (primary N) is 1. The van der Waals surface area contributed by atoms with Gasteiger partial charge in [-0.3, -0.25) is 0 Å². The van der Waals surface area contributed by atoms with E-state index in [4.69, 9.17) is 5.73 Å². The summed E-state index contributed by atoms with van der Waals surface area (Å²) >= 11 is 2.25. The van der Waals surface area contributed by atoms with Gasteiger partial charge in [0, 0.05) is 21.5 Å². The fourth-order valence-corrected chi connectivity index (χ4v) is 1.40. The summed E-state index contributed by atoms with van der Waals surface area (Å²) in [5, 5.41) is 0. The lowest BCUT2D eigenvalue weighted by Gasteiger charge is -2.04. The molecule has 11 heavy (non-hydrogen) atoms. The standard InChI is InChI=1S/C8H11IN2/c1-2-3-7(10)8-4-6(9)5-11-8/h2,4-5,7,11H,1,3,10H2/t7-/m0/s1. The van der Waals surface area contributed by atoms with E-state index < -0.39 is 0 Å². The normalized spacial score (nSPS) is 12.9. The molecule has 0 aliphatic carbocycles. The van der Waals surface area contributed by atoms with Crippen LogP contribution in [0.2, 0.25) is 0 Å². The van der Waals surface area contributed by atoms with E-state index >= 15 is 0 Å². The Labute approximate surface area is 80.0 Å². The summed E-state index contributed by atoms with van der Waals surface area (Å²) in [6.07, 6.45) is 4.59. The first-order valence-electron chi connectivity index (χ1n) is 3.44. The molecule has 0 fully saturated rings. The van der Waals surface area contributed by atoms with Gasteiger partial charge in [-0.05, 0) is 35.1 Å². The van der Waals surface area contributed by atoms with Gasteiger partial charge < -0.3 is 10.7 Å². The van der Waals surface area contributed by atoms with Gasteiger partial charge >= 0.3 is 0 Å². The van der Waals surface area contributed by atoms with Crippen LogP contribution < -0.4 is 5.73 Å². The Morgan fingerprint density at radius 1 is 1.82 bits per heavy atom. The van der Waals surface area contributed by atoms with E-state index in [-0.39, 0.29) is 6.04 Å². The minimum absolute atomic E-state index is 0.0658. The molecule has 1 aromatic rings. The van der Waals surface area contributed by atoms with Crippen molar-refractivity contribution in [1.29, 1.82) is 0 Å². The van der Waals surface area contributed by atoms with E-state index in [1.165, 1.54) is 3.57 Å². The van der Waals surface area contributed by atoms with Crippen molar-refractivity contribution in [3.63, 3.8) is 0 Å². The summed E-state index contributed by atoms with van der Waals surface area (Å²) in [4.78, 5) is 3.11. The van der Waals surface area contributed by atoms with Gasteiger partial charge in [-0.2, -0.15) is 0 Å². The largest absolute Gasteiger partial charge is 0.363 e. The molecule has 1 rings (SSSR count).